The molecule has 0 aliphatic carbocycles. The van der Waals surface area contributed by atoms with E-state index in [1.165, 1.54) is 0 Å². The van der Waals surface area contributed by atoms with Gasteiger partial charge in [-0.05, 0) is 30.2 Å². The normalized spacial score (nSPS) is 15.6. The molecule has 0 unspecified atom stereocenters. The van der Waals surface area contributed by atoms with Gasteiger partial charge in [0.2, 0.25) is 0 Å². The van der Waals surface area contributed by atoms with Crippen LogP contribution in [-0.2, 0) is 4.79 Å². The first-order chi connectivity index (χ1) is 11.5. The first-order valence-electron chi connectivity index (χ1n) is 8.75. The summed E-state index contributed by atoms with van der Waals surface area (Å²) in [5.74, 6) is 1.40. The first-order valence-corrected chi connectivity index (χ1v) is 8.75. The Morgan fingerprint density at radius 3 is 2.25 bits per heavy atom. The highest BCUT2D eigenvalue weighted by Gasteiger charge is 2.21. The van der Waals surface area contributed by atoms with Gasteiger partial charge < -0.3 is 9.64 Å². The number of carbonyl (C=O) groups excluding carboxylic acids is 2. The summed E-state index contributed by atoms with van der Waals surface area (Å²) in [5, 5.41) is 0. The van der Waals surface area contributed by atoms with Gasteiger partial charge in [0.1, 0.15) is 5.75 Å². The van der Waals surface area contributed by atoms with E-state index >= 15 is 0 Å². The van der Waals surface area contributed by atoms with Gasteiger partial charge in [-0.1, -0.05) is 20.8 Å². The van der Waals surface area contributed by atoms with Crippen LogP contribution in [0.3, 0.4) is 0 Å². The topological polar surface area (TPSA) is 49.9 Å². The second-order valence-corrected chi connectivity index (χ2v) is 6.67. The minimum absolute atomic E-state index is 0.0212. The molecular weight excluding hydrogens is 304 g/mol. The molecule has 0 spiro atoms. The van der Waals surface area contributed by atoms with Crippen LogP contribution in [0.15, 0.2) is 24.3 Å². The number of nitrogens with zero attached hydrogens (tertiary/aromatic N) is 2. The van der Waals surface area contributed by atoms with Crippen molar-refractivity contribution in [1.82, 2.24) is 9.80 Å². The Kier molecular flexibility index (Phi) is 6.79. The molecule has 0 N–H and O–H groups in total. The van der Waals surface area contributed by atoms with Crippen LogP contribution in [0.1, 0.15) is 37.6 Å². The quantitative estimate of drug-likeness (QED) is 0.720. The van der Waals surface area contributed by atoms with E-state index in [4.69, 9.17) is 4.74 Å². The number of ketones is 1. The van der Waals surface area contributed by atoms with Crippen LogP contribution < -0.4 is 4.74 Å². The number of Topliss-reactive ketones (excluding diaryl/α,β-unsaturated/α-hetero) is 1. The predicted octanol–water partition coefficient (Wildman–Crippen LogP) is 2.46. The Hall–Kier alpha value is -1.88. The average molecular weight is 332 g/mol. The molecule has 1 fully saturated rings. The summed E-state index contributed by atoms with van der Waals surface area (Å²) < 4.78 is 5.56. The van der Waals surface area contributed by atoms with Crippen LogP contribution in [0.4, 0.5) is 0 Å². The van der Waals surface area contributed by atoms with Crippen molar-refractivity contribution in [1.29, 1.82) is 0 Å². The van der Waals surface area contributed by atoms with E-state index in [0.717, 1.165) is 32.7 Å². The molecule has 24 heavy (non-hydrogen) atoms. The minimum atomic E-state index is 0.0212. The summed E-state index contributed by atoms with van der Waals surface area (Å²) >= 11 is 0. The van der Waals surface area contributed by atoms with Gasteiger partial charge in [0.05, 0.1) is 0 Å². The van der Waals surface area contributed by atoms with Crippen molar-refractivity contribution in [3.8, 4) is 5.75 Å². The third-order valence-electron chi connectivity index (χ3n) is 4.21. The Labute approximate surface area is 144 Å². The maximum Gasteiger partial charge on any atom is 0.260 e. The monoisotopic (exact) mass is 332 g/mol. The van der Waals surface area contributed by atoms with Gasteiger partial charge in [-0.3, -0.25) is 14.5 Å². The lowest BCUT2D eigenvalue weighted by molar-refractivity contribution is -0.135. The number of hydrogen-bond donors (Lipinski definition) is 0. The molecule has 1 aliphatic rings. The maximum absolute atomic E-state index is 12.3. The lowest BCUT2D eigenvalue weighted by Crippen LogP contribution is -2.50. The fourth-order valence-corrected chi connectivity index (χ4v) is 2.87. The van der Waals surface area contributed by atoms with Crippen LogP contribution >= 0.6 is 0 Å². The number of hydrogen-bond acceptors (Lipinski definition) is 4. The summed E-state index contributed by atoms with van der Waals surface area (Å²) in [6, 6.07) is 6.99. The third kappa shape index (κ3) is 5.34. The van der Waals surface area contributed by atoms with Crippen molar-refractivity contribution >= 4 is 11.7 Å². The van der Waals surface area contributed by atoms with Crippen molar-refractivity contribution in [2.24, 2.45) is 5.92 Å². The highest BCUT2D eigenvalue weighted by Crippen LogP contribution is 2.14. The average Bonchev–Trinajstić information content (AvgIpc) is 2.59. The van der Waals surface area contributed by atoms with Crippen LogP contribution in [0, 0.1) is 5.92 Å². The second kappa shape index (κ2) is 8.83. The van der Waals surface area contributed by atoms with Crippen LogP contribution in [0.25, 0.3) is 0 Å². The van der Waals surface area contributed by atoms with E-state index in [9.17, 15) is 9.59 Å². The maximum atomic E-state index is 12.3. The van der Waals surface area contributed by atoms with Crippen molar-refractivity contribution in [3.63, 3.8) is 0 Å². The molecule has 1 aromatic carbocycles. The van der Waals surface area contributed by atoms with Gasteiger partial charge in [0.15, 0.2) is 12.4 Å². The molecule has 1 saturated heterocycles. The SMILES string of the molecule is CCC(=O)c1ccc(OCC(=O)N2CCN(CC(C)C)CC2)cc1. The Morgan fingerprint density at radius 1 is 1.08 bits per heavy atom. The van der Waals surface area contributed by atoms with Gasteiger partial charge in [-0.25, -0.2) is 0 Å². The van der Waals surface area contributed by atoms with Crippen LogP contribution in [-0.4, -0.2) is 60.8 Å². The van der Waals surface area contributed by atoms with E-state index in [0.29, 0.717) is 23.7 Å². The molecule has 1 heterocycles. The summed E-state index contributed by atoms with van der Waals surface area (Å²) in [7, 11) is 0. The van der Waals surface area contributed by atoms with Gasteiger partial charge in [0.25, 0.3) is 5.91 Å². The molecule has 0 atom stereocenters. The standard InChI is InChI=1S/C19H28N2O3/c1-4-18(22)16-5-7-17(8-6-16)24-14-19(23)21-11-9-20(10-12-21)13-15(2)3/h5-8,15H,4,9-14H2,1-3H3. The Morgan fingerprint density at radius 2 is 1.71 bits per heavy atom. The smallest absolute Gasteiger partial charge is 0.260 e. The van der Waals surface area contributed by atoms with E-state index in [1.807, 2.05) is 11.8 Å². The zero-order chi connectivity index (χ0) is 17.5. The van der Waals surface area contributed by atoms with Crippen molar-refractivity contribution in [2.75, 3.05) is 39.3 Å². The van der Waals surface area contributed by atoms with Crippen molar-refractivity contribution in [3.05, 3.63) is 29.8 Å². The summed E-state index contributed by atoms with van der Waals surface area (Å²) in [6.07, 6.45) is 0.488. The summed E-state index contributed by atoms with van der Waals surface area (Å²) in [6.45, 7) is 10.8. The molecular formula is C19H28N2O3. The molecule has 1 aromatic rings. The van der Waals surface area contributed by atoms with Gasteiger partial charge in [-0.2, -0.15) is 0 Å². The zero-order valence-corrected chi connectivity index (χ0v) is 15.0. The molecule has 1 aliphatic heterocycles. The molecule has 5 nitrogen and oxygen atoms in total. The van der Waals surface area contributed by atoms with E-state index < -0.39 is 0 Å². The van der Waals surface area contributed by atoms with E-state index in [2.05, 4.69) is 18.7 Å². The Bertz CT molecular complexity index is 546. The van der Waals surface area contributed by atoms with E-state index in [1.54, 1.807) is 24.3 Å². The van der Waals surface area contributed by atoms with Gasteiger partial charge in [-0.15, -0.1) is 0 Å². The van der Waals surface area contributed by atoms with Crippen LogP contribution in [0.2, 0.25) is 0 Å². The molecule has 0 saturated carbocycles. The number of carbonyl (C=O) groups is 2. The molecule has 0 bridgehead atoms. The number of piperazine rings is 1. The van der Waals surface area contributed by atoms with Gasteiger partial charge in [0, 0.05) is 44.7 Å². The molecule has 132 valence electrons. The molecule has 0 aromatic heterocycles. The summed E-state index contributed by atoms with van der Waals surface area (Å²) in [4.78, 5) is 28.1. The number of rotatable bonds is 7. The Balaban J connectivity index is 1.76. The van der Waals surface area contributed by atoms with Crippen molar-refractivity contribution in [2.45, 2.75) is 27.2 Å². The third-order valence-corrected chi connectivity index (χ3v) is 4.21. The highest BCUT2D eigenvalue weighted by molar-refractivity contribution is 5.95. The predicted molar refractivity (Wildman–Crippen MR) is 94.4 cm³/mol. The summed E-state index contributed by atoms with van der Waals surface area (Å²) in [5.41, 5.74) is 0.678. The van der Waals surface area contributed by atoms with Gasteiger partial charge >= 0.3 is 0 Å². The fourth-order valence-electron chi connectivity index (χ4n) is 2.87. The lowest BCUT2D eigenvalue weighted by atomic mass is 10.1. The highest BCUT2D eigenvalue weighted by atomic mass is 16.5. The first kappa shape index (κ1) is 18.5. The zero-order valence-electron chi connectivity index (χ0n) is 15.0. The van der Waals surface area contributed by atoms with E-state index in [-0.39, 0.29) is 18.3 Å². The molecule has 1 amide bonds. The fraction of sp³-hybridized carbons (Fsp3) is 0.579. The van der Waals surface area contributed by atoms with Crippen molar-refractivity contribution < 1.29 is 14.3 Å². The molecule has 0 radical (unpaired) electrons. The lowest BCUT2D eigenvalue weighted by Gasteiger charge is -2.35. The van der Waals surface area contributed by atoms with Crippen LogP contribution in [0.5, 0.6) is 5.75 Å². The largest absolute Gasteiger partial charge is 0.484 e. The number of benzene rings is 1. The molecule has 5 heteroatoms. The minimum Gasteiger partial charge on any atom is -0.484 e. The number of amides is 1. The molecule has 2 rings (SSSR count). The number of ether oxygens (including phenoxy) is 1. The second-order valence-electron chi connectivity index (χ2n) is 6.67.